The van der Waals surface area contributed by atoms with E-state index in [0.717, 1.165) is 37.8 Å². The minimum atomic E-state index is -0.0176. The van der Waals surface area contributed by atoms with Crippen LogP contribution in [0.2, 0.25) is 0 Å². The summed E-state index contributed by atoms with van der Waals surface area (Å²) in [4.78, 5) is 18.9. The summed E-state index contributed by atoms with van der Waals surface area (Å²) in [6, 6.07) is 4.13. The first-order valence-corrected chi connectivity index (χ1v) is 9.76. The fourth-order valence-corrected chi connectivity index (χ4v) is 3.77. The highest BCUT2D eigenvalue weighted by molar-refractivity contribution is 5.94. The summed E-state index contributed by atoms with van der Waals surface area (Å²) in [5.74, 6) is 2.40. The number of rotatable bonds is 3. The lowest BCUT2D eigenvalue weighted by Gasteiger charge is -2.35. The van der Waals surface area contributed by atoms with Crippen molar-refractivity contribution in [2.45, 2.75) is 32.6 Å². The Morgan fingerprint density at radius 3 is 2.00 bits per heavy atom. The predicted molar refractivity (Wildman–Crippen MR) is 102 cm³/mol. The predicted octanol–water partition coefficient (Wildman–Crippen LogP) is 2.12. The number of amides is 1. The van der Waals surface area contributed by atoms with Gasteiger partial charge in [-0.3, -0.25) is 4.79 Å². The zero-order valence-corrected chi connectivity index (χ0v) is 15.8. The van der Waals surface area contributed by atoms with E-state index in [9.17, 15) is 4.79 Å². The number of carbonyl (C=O) groups is 1. The van der Waals surface area contributed by atoms with Gasteiger partial charge in [0, 0.05) is 39.3 Å². The lowest BCUT2D eigenvalue weighted by molar-refractivity contribution is 0.0744. The van der Waals surface area contributed by atoms with Gasteiger partial charge >= 0.3 is 0 Å². The first-order valence-electron chi connectivity index (χ1n) is 9.76. The van der Waals surface area contributed by atoms with E-state index in [2.05, 4.69) is 37.3 Å². The van der Waals surface area contributed by atoms with Gasteiger partial charge in [0.2, 0.25) is 0 Å². The van der Waals surface area contributed by atoms with Gasteiger partial charge in [-0.1, -0.05) is 18.0 Å². The van der Waals surface area contributed by atoms with Crippen LogP contribution in [0, 0.1) is 6.92 Å². The van der Waals surface area contributed by atoms with Gasteiger partial charge in [-0.05, 0) is 31.9 Å². The highest BCUT2D eigenvalue weighted by Gasteiger charge is 2.25. The maximum absolute atomic E-state index is 12.5. The van der Waals surface area contributed by atoms with E-state index in [1.54, 1.807) is 6.92 Å². The molecule has 2 saturated heterocycles. The highest BCUT2D eigenvalue weighted by Crippen LogP contribution is 2.20. The van der Waals surface area contributed by atoms with Crippen LogP contribution in [-0.4, -0.2) is 65.4 Å². The molecule has 8 heteroatoms. The number of hydrogen-bond donors (Lipinski definition) is 0. The van der Waals surface area contributed by atoms with Gasteiger partial charge in [-0.25, -0.2) is 0 Å². The average molecular weight is 370 g/mol. The second kappa shape index (κ2) is 7.94. The third kappa shape index (κ3) is 3.89. The van der Waals surface area contributed by atoms with Gasteiger partial charge in [0.1, 0.15) is 11.3 Å². The minimum absolute atomic E-state index is 0.0176. The van der Waals surface area contributed by atoms with Crippen molar-refractivity contribution in [1.82, 2.24) is 20.3 Å². The molecule has 27 heavy (non-hydrogen) atoms. The molecule has 0 aliphatic carbocycles. The zero-order valence-electron chi connectivity index (χ0n) is 15.8. The molecule has 2 aromatic heterocycles. The molecule has 144 valence electrons. The Balaban J connectivity index is 1.35. The van der Waals surface area contributed by atoms with Crippen LogP contribution >= 0.6 is 0 Å². The number of carbonyl (C=O) groups excluding carboxylic acids is 1. The van der Waals surface area contributed by atoms with Crippen LogP contribution in [-0.2, 0) is 0 Å². The maximum Gasteiger partial charge on any atom is 0.259 e. The number of aryl methyl sites for hydroxylation is 1. The largest absolute Gasteiger partial charge is 0.361 e. The number of piperazine rings is 1. The van der Waals surface area contributed by atoms with Crippen LogP contribution in [0.15, 0.2) is 22.9 Å². The Bertz CT molecular complexity index is 759. The fourth-order valence-electron chi connectivity index (χ4n) is 3.77. The van der Waals surface area contributed by atoms with Crippen molar-refractivity contribution in [1.29, 1.82) is 0 Å². The quantitative estimate of drug-likeness (QED) is 0.819. The minimum Gasteiger partial charge on any atom is -0.361 e. The highest BCUT2D eigenvalue weighted by atomic mass is 16.5. The Hall–Kier alpha value is -2.64. The molecule has 0 saturated carbocycles. The molecule has 4 rings (SSSR count). The molecule has 4 heterocycles. The summed E-state index contributed by atoms with van der Waals surface area (Å²) in [6.45, 7) is 6.69. The summed E-state index contributed by atoms with van der Waals surface area (Å²) in [6.07, 6.45) is 6.56. The molecule has 0 atom stereocenters. The Labute approximate surface area is 159 Å². The van der Waals surface area contributed by atoms with Gasteiger partial charge in [0.25, 0.3) is 5.91 Å². The van der Waals surface area contributed by atoms with Crippen LogP contribution in [0.1, 0.15) is 41.8 Å². The van der Waals surface area contributed by atoms with Crippen LogP contribution in [0.3, 0.4) is 0 Å². The van der Waals surface area contributed by atoms with Gasteiger partial charge < -0.3 is 19.2 Å². The third-order valence-corrected chi connectivity index (χ3v) is 5.44. The molecule has 2 aliphatic heterocycles. The van der Waals surface area contributed by atoms with Crippen molar-refractivity contribution >= 4 is 17.5 Å². The van der Waals surface area contributed by atoms with Crippen molar-refractivity contribution in [2.75, 3.05) is 49.1 Å². The van der Waals surface area contributed by atoms with E-state index in [1.807, 2.05) is 4.90 Å². The van der Waals surface area contributed by atoms with Crippen molar-refractivity contribution in [3.05, 3.63) is 29.7 Å². The second-order valence-corrected chi connectivity index (χ2v) is 7.23. The molecule has 2 aliphatic rings. The van der Waals surface area contributed by atoms with Crippen molar-refractivity contribution in [3.8, 4) is 0 Å². The van der Waals surface area contributed by atoms with Crippen LogP contribution in [0.5, 0.6) is 0 Å². The Kier molecular flexibility index (Phi) is 5.22. The number of anilines is 2. The smallest absolute Gasteiger partial charge is 0.259 e. The molecule has 1 amide bonds. The van der Waals surface area contributed by atoms with Gasteiger partial charge in [0.15, 0.2) is 11.6 Å². The molecule has 0 aromatic carbocycles. The van der Waals surface area contributed by atoms with Crippen molar-refractivity contribution in [3.63, 3.8) is 0 Å². The number of hydrogen-bond acceptors (Lipinski definition) is 7. The SMILES string of the molecule is Cc1oncc1C(=O)N1CCN(c2ccc(N3CCCCCC3)nn2)CC1. The van der Waals surface area contributed by atoms with E-state index >= 15 is 0 Å². The van der Waals surface area contributed by atoms with E-state index in [0.29, 0.717) is 24.4 Å². The third-order valence-electron chi connectivity index (χ3n) is 5.44. The average Bonchev–Trinajstić information content (AvgIpc) is 2.97. The summed E-state index contributed by atoms with van der Waals surface area (Å²) in [7, 11) is 0. The van der Waals surface area contributed by atoms with Gasteiger partial charge in [0.05, 0.1) is 6.20 Å². The molecule has 8 nitrogen and oxygen atoms in total. The molecule has 0 bridgehead atoms. The van der Waals surface area contributed by atoms with E-state index < -0.39 is 0 Å². The molecular weight excluding hydrogens is 344 g/mol. The normalized spacial score (nSPS) is 18.5. The summed E-state index contributed by atoms with van der Waals surface area (Å²) in [5, 5.41) is 12.6. The molecule has 2 fully saturated rings. The molecular formula is C19H26N6O2. The van der Waals surface area contributed by atoms with Gasteiger partial charge in [-0.2, -0.15) is 0 Å². The van der Waals surface area contributed by atoms with Crippen LogP contribution < -0.4 is 9.80 Å². The monoisotopic (exact) mass is 370 g/mol. The van der Waals surface area contributed by atoms with E-state index in [4.69, 9.17) is 4.52 Å². The molecule has 0 unspecified atom stereocenters. The van der Waals surface area contributed by atoms with Crippen LogP contribution in [0.25, 0.3) is 0 Å². The summed E-state index contributed by atoms with van der Waals surface area (Å²) < 4.78 is 5.01. The molecule has 2 aromatic rings. The van der Waals surface area contributed by atoms with Crippen LogP contribution in [0.4, 0.5) is 11.6 Å². The lowest BCUT2D eigenvalue weighted by Crippen LogP contribution is -2.49. The first-order chi connectivity index (χ1) is 13.2. The lowest BCUT2D eigenvalue weighted by atomic mass is 10.2. The van der Waals surface area contributed by atoms with E-state index in [-0.39, 0.29) is 5.91 Å². The molecule has 0 N–H and O–H groups in total. The summed E-state index contributed by atoms with van der Waals surface area (Å²) in [5.41, 5.74) is 0.546. The topological polar surface area (TPSA) is 78.6 Å². The number of aromatic nitrogens is 3. The van der Waals surface area contributed by atoms with Crippen molar-refractivity contribution in [2.24, 2.45) is 0 Å². The fraction of sp³-hybridized carbons (Fsp3) is 0.579. The van der Waals surface area contributed by atoms with E-state index in [1.165, 1.54) is 31.9 Å². The molecule has 0 spiro atoms. The Morgan fingerprint density at radius 1 is 0.889 bits per heavy atom. The zero-order chi connectivity index (χ0) is 18.6. The maximum atomic E-state index is 12.5. The van der Waals surface area contributed by atoms with Gasteiger partial charge in [-0.15, -0.1) is 10.2 Å². The second-order valence-electron chi connectivity index (χ2n) is 7.23. The number of nitrogens with zero attached hydrogens (tertiary/aromatic N) is 6. The molecule has 0 radical (unpaired) electrons. The standard InChI is InChI=1S/C19H26N6O2/c1-15-16(14-20-27-15)19(26)25-12-10-24(11-13-25)18-7-6-17(21-22-18)23-8-4-2-3-5-9-23/h6-7,14H,2-5,8-13H2,1H3. The first kappa shape index (κ1) is 17.8. The summed E-state index contributed by atoms with van der Waals surface area (Å²) >= 11 is 0. The Morgan fingerprint density at radius 2 is 1.48 bits per heavy atom. The van der Waals surface area contributed by atoms with Crippen molar-refractivity contribution < 1.29 is 9.32 Å².